The molecule has 3 fully saturated rings. The van der Waals surface area contributed by atoms with Crippen LogP contribution >= 0.6 is 0 Å². The van der Waals surface area contributed by atoms with Crippen LogP contribution in [0.15, 0.2) is 18.2 Å². The largest absolute Gasteiger partial charge is 0.522 e. The number of hydrogen-bond donors (Lipinski definition) is 0. The van der Waals surface area contributed by atoms with E-state index in [2.05, 4.69) is 11.7 Å². The summed E-state index contributed by atoms with van der Waals surface area (Å²) in [5.41, 5.74) is 0.465. The smallest absolute Gasteiger partial charge is 0.458 e. The number of alkyl halides is 5. The highest BCUT2D eigenvalue weighted by molar-refractivity contribution is 5.89. The Morgan fingerprint density at radius 2 is 1.50 bits per heavy atom. The Kier molecular flexibility index (Phi) is 9.69. The van der Waals surface area contributed by atoms with E-state index in [1.807, 2.05) is 0 Å². The van der Waals surface area contributed by atoms with E-state index < -0.39 is 55.5 Å². The number of hydrogen-bond acceptors (Lipinski definition) is 3. The molecule has 0 amide bonds. The molecule has 3 nitrogen and oxygen atoms in total. The third-order valence-electron chi connectivity index (χ3n) is 8.94. The molecule has 0 bridgehead atoms. The van der Waals surface area contributed by atoms with Crippen molar-refractivity contribution >= 4 is 5.97 Å². The van der Waals surface area contributed by atoms with Crippen LogP contribution in [0, 0.1) is 23.6 Å². The molecule has 0 N–H and O–H groups in total. The van der Waals surface area contributed by atoms with Crippen LogP contribution in [0.2, 0.25) is 0 Å². The Hall–Kier alpha value is -1.77. The lowest BCUT2D eigenvalue weighted by Gasteiger charge is -2.38. The van der Waals surface area contributed by atoms with Gasteiger partial charge in [-0.25, -0.2) is 18.0 Å². The minimum absolute atomic E-state index is 0.214. The predicted octanol–water partition coefficient (Wildman–Crippen LogP) is 8.61. The maximum Gasteiger partial charge on any atom is 0.522 e. The van der Waals surface area contributed by atoms with Crippen molar-refractivity contribution in [3.05, 3.63) is 35.1 Å². The van der Waals surface area contributed by atoms with Gasteiger partial charge in [0.2, 0.25) is 0 Å². The maximum absolute atomic E-state index is 14.9. The zero-order valence-electron chi connectivity index (χ0n) is 21.8. The van der Waals surface area contributed by atoms with Crippen LogP contribution in [-0.2, 0) is 9.47 Å². The molecule has 2 unspecified atom stereocenters. The minimum atomic E-state index is -5.18. The summed E-state index contributed by atoms with van der Waals surface area (Å²) in [5, 5.41) is 0. The van der Waals surface area contributed by atoms with Gasteiger partial charge in [-0.05, 0) is 79.9 Å². The maximum atomic E-state index is 14.9. The van der Waals surface area contributed by atoms with Gasteiger partial charge in [-0.2, -0.15) is 0 Å². The summed E-state index contributed by atoms with van der Waals surface area (Å²) in [6, 6.07) is 4.36. The lowest BCUT2D eigenvalue weighted by atomic mass is 9.68. The average molecular weight is 549 g/mol. The van der Waals surface area contributed by atoms with E-state index >= 15 is 0 Å². The highest BCUT2D eigenvalue weighted by Crippen LogP contribution is 2.44. The molecule has 9 heteroatoms. The Morgan fingerprint density at radius 1 is 0.921 bits per heavy atom. The molecule has 0 saturated heterocycles. The summed E-state index contributed by atoms with van der Waals surface area (Å²) in [4.78, 5) is 12.5. The van der Waals surface area contributed by atoms with E-state index in [0.29, 0.717) is 0 Å². The molecule has 214 valence electrons. The van der Waals surface area contributed by atoms with Gasteiger partial charge >= 0.3 is 12.3 Å². The van der Waals surface area contributed by atoms with Crippen LogP contribution in [0.5, 0.6) is 0 Å². The van der Waals surface area contributed by atoms with Gasteiger partial charge in [0.25, 0.3) is 0 Å². The van der Waals surface area contributed by atoms with Crippen molar-refractivity contribution in [2.75, 3.05) is 0 Å². The van der Waals surface area contributed by atoms with E-state index in [9.17, 15) is 31.1 Å². The molecule has 0 aromatic heterocycles. The molecule has 0 spiro atoms. The molecule has 1 aromatic rings. The summed E-state index contributed by atoms with van der Waals surface area (Å²) in [7, 11) is 0. The van der Waals surface area contributed by atoms with Gasteiger partial charge in [-0.3, -0.25) is 4.74 Å². The summed E-state index contributed by atoms with van der Waals surface area (Å²) in [6.07, 6.45) is -2.67. The van der Waals surface area contributed by atoms with Gasteiger partial charge in [-0.1, -0.05) is 38.7 Å². The van der Waals surface area contributed by atoms with Gasteiger partial charge in [0.15, 0.2) is 0 Å². The quantitative estimate of drug-likeness (QED) is 0.253. The monoisotopic (exact) mass is 548 g/mol. The van der Waals surface area contributed by atoms with Crippen LogP contribution < -0.4 is 0 Å². The molecule has 2 atom stereocenters. The minimum Gasteiger partial charge on any atom is -0.458 e. The lowest BCUT2D eigenvalue weighted by molar-refractivity contribution is -0.358. The summed E-state index contributed by atoms with van der Waals surface area (Å²) >= 11 is 0. The first kappa shape index (κ1) is 29.2. The Bertz CT molecular complexity index is 909. The fraction of sp³-hybridized carbons (Fsp3) is 0.759. The van der Waals surface area contributed by atoms with Crippen LogP contribution in [0.25, 0.3) is 0 Å². The third kappa shape index (κ3) is 7.45. The van der Waals surface area contributed by atoms with Crippen molar-refractivity contribution in [3.8, 4) is 0 Å². The number of carbonyl (C=O) groups excluding carboxylic acids is 1. The number of esters is 1. The highest BCUT2D eigenvalue weighted by Gasteiger charge is 2.47. The molecule has 0 radical (unpaired) electrons. The van der Waals surface area contributed by atoms with E-state index in [4.69, 9.17) is 4.74 Å². The van der Waals surface area contributed by atoms with Crippen LogP contribution in [0.4, 0.5) is 26.3 Å². The van der Waals surface area contributed by atoms with Crippen molar-refractivity contribution in [1.82, 2.24) is 0 Å². The number of ether oxygens (including phenoxy) is 2. The Morgan fingerprint density at radius 3 is 2.03 bits per heavy atom. The normalized spacial score (nSPS) is 34.6. The highest BCUT2D eigenvalue weighted by atomic mass is 19.4. The fourth-order valence-electron chi connectivity index (χ4n) is 6.94. The Balaban J connectivity index is 1.27. The van der Waals surface area contributed by atoms with Crippen molar-refractivity contribution in [2.45, 2.75) is 121 Å². The molecule has 0 aliphatic heterocycles. The summed E-state index contributed by atoms with van der Waals surface area (Å²) < 4.78 is 88.9. The number of rotatable bonds is 7. The van der Waals surface area contributed by atoms with Gasteiger partial charge in [-0.15, -0.1) is 13.2 Å². The predicted molar refractivity (Wildman–Crippen MR) is 131 cm³/mol. The number of benzene rings is 1. The van der Waals surface area contributed by atoms with E-state index in [1.165, 1.54) is 50.7 Å². The molecular weight excluding hydrogens is 510 g/mol. The molecule has 3 saturated carbocycles. The first-order valence-electron chi connectivity index (χ1n) is 14.1. The lowest BCUT2D eigenvalue weighted by Crippen LogP contribution is -2.47. The van der Waals surface area contributed by atoms with Crippen molar-refractivity contribution in [2.24, 2.45) is 17.8 Å². The van der Waals surface area contributed by atoms with Crippen molar-refractivity contribution in [1.29, 1.82) is 0 Å². The van der Waals surface area contributed by atoms with Gasteiger partial charge in [0.05, 0.1) is 5.56 Å². The summed E-state index contributed by atoms with van der Waals surface area (Å²) in [5.74, 6) is 0.758. The zero-order valence-corrected chi connectivity index (χ0v) is 21.8. The second-order valence-corrected chi connectivity index (χ2v) is 11.5. The molecule has 1 aromatic carbocycles. The standard InChI is InChI=1S/C29H38F6O3/c1-2-3-17-4-6-18(7-5-17)19-8-10-20(11-9-19)21-12-13-23(24(30)14-21)28(36)37-22-15-25(31)27(26(32)16-22)38-29(33,34)35/h12-14,17-20,22,25-27H,2-11,15-16H2,1H3. The fourth-order valence-corrected chi connectivity index (χ4v) is 6.94. The van der Waals surface area contributed by atoms with E-state index in [-0.39, 0.29) is 11.5 Å². The van der Waals surface area contributed by atoms with Gasteiger partial charge in [0, 0.05) is 12.8 Å². The molecular formula is C29H38F6O3. The zero-order chi connectivity index (χ0) is 27.4. The second-order valence-electron chi connectivity index (χ2n) is 11.5. The first-order valence-corrected chi connectivity index (χ1v) is 14.1. The number of halogens is 6. The Labute approximate surface area is 220 Å². The summed E-state index contributed by atoms with van der Waals surface area (Å²) in [6.45, 7) is 2.25. The van der Waals surface area contributed by atoms with Crippen molar-refractivity contribution in [3.63, 3.8) is 0 Å². The first-order chi connectivity index (χ1) is 18.0. The van der Waals surface area contributed by atoms with Gasteiger partial charge in [0.1, 0.15) is 30.4 Å². The van der Waals surface area contributed by atoms with E-state index in [0.717, 1.165) is 49.0 Å². The molecule has 3 aliphatic carbocycles. The van der Waals surface area contributed by atoms with E-state index in [1.54, 1.807) is 6.07 Å². The van der Waals surface area contributed by atoms with Crippen LogP contribution in [-0.4, -0.2) is 36.9 Å². The second kappa shape index (κ2) is 12.6. The number of carbonyl (C=O) groups is 1. The molecule has 0 heterocycles. The SMILES string of the molecule is CCCC1CCC(C2CCC(c3ccc(C(=O)OC4CC(F)C(OC(F)(F)F)C(F)C4)c(F)c3)CC2)CC1. The third-order valence-corrected chi connectivity index (χ3v) is 8.94. The van der Waals surface area contributed by atoms with Crippen molar-refractivity contribution < 1.29 is 40.6 Å². The van der Waals surface area contributed by atoms with Gasteiger partial charge < -0.3 is 4.74 Å². The molecule has 38 heavy (non-hydrogen) atoms. The van der Waals surface area contributed by atoms with Crippen LogP contribution in [0.1, 0.15) is 106 Å². The van der Waals surface area contributed by atoms with Crippen LogP contribution in [0.3, 0.4) is 0 Å². The molecule has 4 rings (SSSR count). The average Bonchev–Trinajstić information content (AvgIpc) is 2.86. The topological polar surface area (TPSA) is 35.5 Å². The molecule has 3 aliphatic rings.